The van der Waals surface area contributed by atoms with E-state index in [4.69, 9.17) is 0 Å². The lowest BCUT2D eigenvalue weighted by atomic mass is 10.1. The van der Waals surface area contributed by atoms with Crippen LogP contribution in [-0.2, 0) is 4.79 Å². The van der Waals surface area contributed by atoms with E-state index in [1.165, 1.54) is 6.20 Å². The van der Waals surface area contributed by atoms with Crippen molar-refractivity contribution < 1.29 is 4.79 Å². The molecule has 0 aliphatic carbocycles. The Morgan fingerprint density at radius 2 is 1.59 bits per heavy atom. The summed E-state index contributed by atoms with van der Waals surface area (Å²) in [7, 11) is 0. The highest BCUT2D eigenvalue weighted by Gasteiger charge is 2.13. The van der Waals surface area contributed by atoms with Crippen molar-refractivity contribution in [2.75, 3.05) is 5.32 Å². The standard InChI is InChI=1S/C24H21N3OS/c1-18(19-10-4-2-5-11-19)26-17-20(16-25)24(28)27-22-14-8-9-15-23(22)29-21-12-6-3-7-13-21/h2-15,17-18,26H,1H3,(H,27,28)/b20-17-. The number of hydrogen-bond donors (Lipinski definition) is 2. The summed E-state index contributed by atoms with van der Waals surface area (Å²) in [4.78, 5) is 14.6. The van der Waals surface area contributed by atoms with E-state index in [1.807, 2.05) is 97.9 Å². The molecule has 0 radical (unpaired) electrons. The van der Waals surface area contributed by atoms with E-state index in [9.17, 15) is 10.1 Å². The van der Waals surface area contributed by atoms with Crippen LogP contribution in [0.1, 0.15) is 18.5 Å². The molecule has 0 spiro atoms. The SMILES string of the molecule is CC(N/C=C(/C#N)C(=O)Nc1ccccc1Sc1ccccc1)c1ccccc1. The predicted molar refractivity (Wildman–Crippen MR) is 117 cm³/mol. The summed E-state index contributed by atoms with van der Waals surface area (Å²) < 4.78 is 0. The molecule has 1 amide bonds. The fourth-order valence-corrected chi connectivity index (χ4v) is 3.58. The van der Waals surface area contributed by atoms with Gasteiger partial charge >= 0.3 is 0 Å². The third-order valence-electron chi connectivity index (χ3n) is 4.25. The maximum Gasteiger partial charge on any atom is 0.267 e. The summed E-state index contributed by atoms with van der Waals surface area (Å²) >= 11 is 1.56. The second kappa shape index (κ2) is 10.2. The highest BCUT2D eigenvalue weighted by molar-refractivity contribution is 7.99. The minimum Gasteiger partial charge on any atom is -0.383 e. The lowest BCUT2D eigenvalue weighted by Gasteiger charge is -2.13. The van der Waals surface area contributed by atoms with Gasteiger partial charge in [-0.25, -0.2) is 0 Å². The molecular weight excluding hydrogens is 378 g/mol. The second-order valence-corrected chi connectivity index (χ2v) is 7.45. The highest BCUT2D eigenvalue weighted by atomic mass is 32.2. The van der Waals surface area contributed by atoms with E-state index in [-0.39, 0.29) is 11.6 Å². The van der Waals surface area contributed by atoms with Crippen LogP contribution in [0, 0.1) is 11.3 Å². The number of anilines is 1. The van der Waals surface area contributed by atoms with Crippen LogP contribution in [0.3, 0.4) is 0 Å². The largest absolute Gasteiger partial charge is 0.383 e. The molecule has 0 aliphatic heterocycles. The predicted octanol–water partition coefficient (Wildman–Crippen LogP) is 5.53. The summed E-state index contributed by atoms with van der Waals surface area (Å²) in [6, 6.07) is 29.3. The fraction of sp³-hybridized carbons (Fsp3) is 0.0833. The summed E-state index contributed by atoms with van der Waals surface area (Å²) in [5, 5.41) is 15.4. The zero-order chi connectivity index (χ0) is 20.5. The highest BCUT2D eigenvalue weighted by Crippen LogP contribution is 2.33. The van der Waals surface area contributed by atoms with E-state index >= 15 is 0 Å². The maximum atomic E-state index is 12.6. The molecule has 3 aromatic rings. The molecule has 0 aliphatic rings. The first-order chi connectivity index (χ1) is 14.2. The van der Waals surface area contributed by atoms with Crippen LogP contribution in [0.25, 0.3) is 0 Å². The minimum absolute atomic E-state index is 0.0201. The number of rotatable bonds is 7. The van der Waals surface area contributed by atoms with Gasteiger partial charge in [-0.2, -0.15) is 5.26 Å². The Kier molecular flexibility index (Phi) is 7.10. The smallest absolute Gasteiger partial charge is 0.267 e. The first kappa shape index (κ1) is 20.2. The van der Waals surface area contributed by atoms with Gasteiger partial charge in [-0.1, -0.05) is 72.4 Å². The molecule has 0 fully saturated rings. The van der Waals surface area contributed by atoms with E-state index in [0.29, 0.717) is 5.69 Å². The normalized spacial score (nSPS) is 11.9. The lowest BCUT2D eigenvalue weighted by molar-refractivity contribution is -0.112. The molecule has 0 heterocycles. The number of benzene rings is 3. The summed E-state index contributed by atoms with van der Waals surface area (Å²) in [5.74, 6) is -0.443. The number of nitriles is 1. The van der Waals surface area contributed by atoms with E-state index < -0.39 is 5.91 Å². The Bertz CT molecular complexity index is 1030. The fourth-order valence-electron chi connectivity index (χ4n) is 2.66. The first-order valence-corrected chi connectivity index (χ1v) is 10.0. The van der Waals surface area contributed by atoms with Crippen molar-refractivity contribution in [3.8, 4) is 6.07 Å². The van der Waals surface area contributed by atoms with Gasteiger partial charge in [-0.3, -0.25) is 4.79 Å². The Balaban J connectivity index is 1.71. The van der Waals surface area contributed by atoms with Gasteiger partial charge in [0.1, 0.15) is 11.6 Å². The Labute approximate surface area is 175 Å². The zero-order valence-corrected chi connectivity index (χ0v) is 16.8. The molecular formula is C24H21N3OS. The van der Waals surface area contributed by atoms with Crippen molar-refractivity contribution in [1.29, 1.82) is 5.26 Å². The molecule has 29 heavy (non-hydrogen) atoms. The van der Waals surface area contributed by atoms with Crippen LogP contribution in [0.2, 0.25) is 0 Å². The Morgan fingerprint density at radius 1 is 0.966 bits per heavy atom. The number of nitrogens with one attached hydrogen (secondary N) is 2. The van der Waals surface area contributed by atoms with Gasteiger partial charge in [0.05, 0.1) is 5.69 Å². The molecule has 144 valence electrons. The van der Waals surface area contributed by atoms with Crippen molar-refractivity contribution in [2.45, 2.75) is 22.8 Å². The molecule has 0 aromatic heterocycles. The van der Waals surface area contributed by atoms with Gasteiger partial charge in [-0.15, -0.1) is 0 Å². The first-order valence-electron chi connectivity index (χ1n) is 9.22. The topological polar surface area (TPSA) is 64.9 Å². The third-order valence-corrected chi connectivity index (χ3v) is 5.33. The van der Waals surface area contributed by atoms with Crippen LogP contribution in [0.15, 0.2) is 106 Å². The molecule has 4 nitrogen and oxygen atoms in total. The van der Waals surface area contributed by atoms with E-state index in [2.05, 4.69) is 10.6 Å². The summed E-state index contributed by atoms with van der Waals surface area (Å²) in [6.07, 6.45) is 1.47. The Hall–Kier alpha value is -3.49. The van der Waals surface area contributed by atoms with Crippen molar-refractivity contribution in [3.05, 3.63) is 102 Å². The second-order valence-electron chi connectivity index (χ2n) is 6.33. The van der Waals surface area contributed by atoms with Crippen LogP contribution >= 0.6 is 11.8 Å². The molecule has 1 unspecified atom stereocenters. The molecule has 3 rings (SSSR count). The number of hydrogen-bond acceptors (Lipinski definition) is 4. The van der Waals surface area contributed by atoms with Crippen LogP contribution < -0.4 is 10.6 Å². The van der Waals surface area contributed by atoms with Gasteiger partial charge < -0.3 is 10.6 Å². The van der Waals surface area contributed by atoms with E-state index in [0.717, 1.165) is 15.4 Å². The van der Waals surface area contributed by atoms with Gasteiger partial charge in [-0.05, 0) is 36.8 Å². The average Bonchev–Trinajstić information content (AvgIpc) is 2.77. The number of carbonyl (C=O) groups excluding carboxylic acids is 1. The summed E-state index contributed by atoms with van der Waals surface area (Å²) in [5.41, 5.74) is 1.77. The monoisotopic (exact) mass is 399 g/mol. The lowest BCUT2D eigenvalue weighted by Crippen LogP contribution is -2.18. The molecule has 0 bridgehead atoms. The zero-order valence-electron chi connectivity index (χ0n) is 16.0. The van der Waals surface area contributed by atoms with Crippen molar-refractivity contribution >= 4 is 23.4 Å². The van der Waals surface area contributed by atoms with Crippen molar-refractivity contribution in [3.63, 3.8) is 0 Å². The quantitative estimate of drug-likeness (QED) is 0.405. The van der Waals surface area contributed by atoms with Crippen LogP contribution in [-0.4, -0.2) is 5.91 Å². The third kappa shape index (κ3) is 5.74. The number of nitrogens with zero attached hydrogens (tertiary/aromatic N) is 1. The molecule has 3 aromatic carbocycles. The number of amides is 1. The van der Waals surface area contributed by atoms with E-state index in [1.54, 1.807) is 11.8 Å². The number of carbonyl (C=O) groups is 1. The molecule has 1 atom stereocenters. The molecule has 0 saturated carbocycles. The summed E-state index contributed by atoms with van der Waals surface area (Å²) in [6.45, 7) is 1.98. The van der Waals surface area contributed by atoms with Crippen LogP contribution in [0.5, 0.6) is 0 Å². The molecule has 0 saturated heterocycles. The molecule has 2 N–H and O–H groups in total. The average molecular weight is 400 g/mol. The van der Waals surface area contributed by atoms with Gasteiger partial charge in [0.15, 0.2) is 0 Å². The minimum atomic E-state index is -0.443. The van der Waals surface area contributed by atoms with Gasteiger partial charge in [0.25, 0.3) is 5.91 Å². The number of para-hydroxylation sites is 1. The van der Waals surface area contributed by atoms with Gasteiger partial charge in [0.2, 0.25) is 0 Å². The van der Waals surface area contributed by atoms with Crippen molar-refractivity contribution in [1.82, 2.24) is 5.32 Å². The van der Waals surface area contributed by atoms with Gasteiger partial charge in [0, 0.05) is 22.0 Å². The van der Waals surface area contributed by atoms with Crippen LogP contribution in [0.4, 0.5) is 5.69 Å². The molecule has 5 heteroatoms. The Morgan fingerprint density at radius 3 is 2.28 bits per heavy atom. The van der Waals surface area contributed by atoms with Crippen molar-refractivity contribution in [2.24, 2.45) is 0 Å². The maximum absolute atomic E-state index is 12.6.